The Morgan fingerprint density at radius 1 is 0.667 bits per heavy atom. The minimum atomic E-state index is -0.592. The number of benzene rings is 4. The number of anilines is 1. The predicted octanol–water partition coefficient (Wildman–Crippen LogP) is 11.6. The second-order valence-electron chi connectivity index (χ2n) is 14.8. The third kappa shape index (κ3) is 13.3. The van der Waals surface area contributed by atoms with Crippen molar-refractivity contribution >= 4 is 23.4 Å². The first-order valence-electron chi connectivity index (χ1n) is 20.4. The van der Waals surface area contributed by atoms with E-state index in [1.165, 1.54) is 70.6 Å². The van der Waals surface area contributed by atoms with Crippen LogP contribution in [0.4, 0.5) is 5.69 Å². The Balaban J connectivity index is 1.15. The first kappa shape index (κ1) is 41.5. The number of unbranched alkanes of at least 4 members (excludes halogenated alkanes) is 12. The summed E-state index contributed by atoms with van der Waals surface area (Å²) in [5.41, 5.74) is 12.1. The number of carbonyl (C=O) groups excluding carboxylic acids is 1. The third-order valence-electron chi connectivity index (χ3n) is 10.5. The summed E-state index contributed by atoms with van der Waals surface area (Å²) in [5, 5.41) is 12.8. The number of hydrogen-bond donors (Lipinski definition) is 3. The van der Waals surface area contributed by atoms with Crippen molar-refractivity contribution in [2.45, 2.75) is 139 Å². The highest BCUT2D eigenvalue weighted by Crippen LogP contribution is 2.48. The van der Waals surface area contributed by atoms with E-state index in [1.807, 2.05) is 48.5 Å². The van der Waals surface area contributed by atoms with E-state index >= 15 is 0 Å². The summed E-state index contributed by atoms with van der Waals surface area (Å²) in [6.45, 7) is 2.76. The van der Waals surface area contributed by atoms with E-state index in [-0.39, 0.29) is 30.6 Å². The van der Waals surface area contributed by atoms with Crippen LogP contribution in [0.25, 0.3) is 0 Å². The molecule has 1 unspecified atom stereocenters. The number of aliphatic hydroxyl groups is 1. The van der Waals surface area contributed by atoms with Gasteiger partial charge in [-0.15, -0.1) is 11.8 Å². The van der Waals surface area contributed by atoms with Gasteiger partial charge in [0, 0.05) is 40.8 Å². The van der Waals surface area contributed by atoms with Gasteiger partial charge < -0.3 is 25.6 Å². The molecule has 1 fully saturated rings. The van der Waals surface area contributed by atoms with Gasteiger partial charge in [-0.05, 0) is 40.8 Å². The topological polar surface area (TPSA) is 93.8 Å². The lowest BCUT2D eigenvalue weighted by atomic mass is 9.84. The number of aliphatic hydroxyl groups excluding tert-OH is 1. The van der Waals surface area contributed by atoms with Crippen LogP contribution in [-0.2, 0) is 27.4 Å². The van der Waals surface area contributed by atoms with E-state index in [0.717, 1.165) is 51.2 Å². The lowest BCUT2D eigenvalue weighted by Gasteiger charge is -2.43. The third-order valence-corrected chi connectivity index (χ3v) is 11.7. The zero-order valence-corrected chi connectivity index (χ0v) is 33.1. The first-order chi connectivity index (χ1) is 26.6. The molecule has 4 N–H and O–H groups in total. The molecular weight excluding hydrogens is 689 g/mol. The van der Waals surface area contributed by atoms with Crippen molar-refractivity contribution in [1.82, 2.24) is 5.32 Å². The highest BCUT2D eigenvalue weighted by atomic mass is 32.2. The summed E-state index contributed by atoms with van der Waals surface area (Å²) in [6.07, 6.45) is 16.4. The molecule has 7 heteroatoms. The Kier molecular flexibility index (Phi) is 18.0. The molecule has 4 aromatic rings. The second-order valence-corrected chi connectivity index (χ2v) is 15.8. The van der Waals surface area contributed by atoms with Crippen molar-refractivity contribution in [3.63, 3.8) is 0 Å². The lowest BCUT2D eigenvalue weighted by molar-refractivity contribution is -0.255. The Morgan fingerprint density at radius 2 is 1.24 bits per heavy atom. The number of nitrogens with two attached hydrogens (primary N) is 1. The average Bonchev–Trinajstić information content (AvgIpc) is 3.21. The standard InChI is InChI=1S/C47H62N2O4S/c1-2-3-4-5-6-7-8-9-10-11-12-13-17-24-44(51)49-33-36-25-31-40(32-26-36)47-52-42(35-54-43-23-19-18-22-41(43)48)45(38-20-15-14-16-21-38)46(53-47)39-29-27-37(34-50)28-30-39/h14-16,18-23,25-32,42,45-47,50H,2-13,17,24,33-35,48H2,1H3,(H,49,51)/t42-,45-,46+,47?/m1/s1. The molecule has 4 atom stereocenters. The molecule has 0 aromatic heterocycles. The van der Waals surface area contributed by atoms with E-state index in [2.05, 4.69) is 66.8 Å². The number of nitrogens with one attached hydrogen (secondary N) is 1. The normalized spacial score (nSPS) is 18.4. The van der Waals surface area contributed by atoms with Gasteiger partial charge in [0.15, 0.2) is 6.29 Å². The summed E-state index contributed by atoms with van der Waals surface area (Å²) < 4.78 is 13.7. The van der Waals surface area contributed by atoms with Crippen molar-refractivity contribution in [1.29, 1.82) is 0 Å². The zero-order chi connectivity index (χ0) is 37.8. The van der Waals surface area contributed by atoms with Crippen LogP contribution in [0.15, 0.2) is 108 Å². The molecule has 6 nitrogen and oxygen atoms in total. The van der Waals surface area contributed by atoms with Crippen LogP contribution >= 0.6 is 11.8 Å². The van der Waals surface area contributed by atoms with Crippen molar-refractivity contribution in [2.24, 2.45) is 0 Å². The number of ether oxygens (including phenoxy) is 2. The SMILES string of the molecule is CCCCCCCCCCCCCCCC(=O)NCc1ccc(C2O[C@H](CSc3ccccc3N)[C@@H](c3ccccc3)[C@H](c3ccc(CO)cc3)O2)cc1. The second kappa shape index (κ2) is 23.3. The predicted molar refractivity (Wildman–Crippen MR) is 223 cm³/mol. The van der Waals surface area contributed by atoms with E-state index < -0.39 is 6.29 Å². The number of rotatable bonds is 23. The van der Waals surface area contributed by atoms with Gasteiger partial charge >= 0.3 is 0 Å². The number of carbonyl (C=O) groups is 1. The van der Waals surface area contributed by atoms with Crippen molar-refractivity contribution < 1.29 is 19.4 Å². The van der Waals surface area contributed by atoms with E-state index in [9.17, 15) is 9.90 Å². The molecular formula is C47H62N2O4S. The maximum absolute atomic E-state index is 12.6. The lowest BCUT2D eigenvalue weighted by Crippen LogP contribution is -2.38. The molecule has 4 aromatic carbocycles. The van der Waals surface area contributed by atoms with Gasteiger partial charge in [-0.1, -0.05) is 175 Å². The molecule has 1 aliphatic heterocycles. The quantitative estimate of drug-likeness (QED) is 0.0397. The minimum Gasteiger partial charge on any atom is -0.398 e. The Bertz CT molecular complexity index is 1630. The van der Waals surface area contributed by atoms with Crippen LogP contribution in [0.3, 0.4) is 0 Å². The molecule has 0 spiro atoms. The molecule has 54 heavy (non-hydrogen) atoms. The van der Waals surface area contributed by atoms with Crippen LogP contribution in [0.5, 0.6) is 0 Å². The van der Waals surface area contributed by atoms with E-state index in [1.54, 1.807) is 11.8 Å². The number of amides is 1. The summed E-state index contributed by atoms with van der Waals surface area (Å²) in [4.78, 5) is 13.7. The van der Waals surface area contributed by atoms with Gasteiger partial charge in [0.25, 0.3) is 0 Å². The zero-order valence-electron chi connectivity index (χ0n) is 32.3. The molecule has 0 saturated carbocycles. The molecule has 0 radical (unpaired) electrons. The average molecular weight is 751 g/mol. The molecule has 1 amide bonds. The fraction of sp³-hybridized carbons (Fsp3) is 0.468. The molecule has 290 valence electrons. The molecule has 1 aliphatic rings. The Hall–Kier alpha value is -3.62. The van der Waals surface area contributed by atoms with Gasteiger partial charge in [0.05, 0.1) is 18.8 Å². The van der Waals surface area contributed by atoms with Crippen molar-refractivity contribution in [2.75, 3.05) is 11.5 Å². The fourth-order valence-corrected chi connectivity index (χ4v) is 8.36. The van der Waals surface area contributed by atoms with Gasteiger partial charge in [-0.3, -0.25) is 4.79 Å². The highest BCUT2D eigenvalue weighted by molar-refractivity contribution is 7.99. The maximum Gasteiger partial charge on any atom is 0.220 e. The summed E-state index contributed by atoms with van der Waals surface area (Å²) in [5.74, 6) is 0.717. The molecule has 5 rings (SSSR count). The van der Waals surface area contributed by atoms with E-state index in [4.69, 9.17) is 15.2 Å². The van der Waals surface area contributed by atoms with Crippen LogP contribution in [0.2, 0.25) is 0 Å². The van der Waals surface area contributed by atoms with Gasteiger partial charge in [0.1, 0.15) is 0 Å². The monoisotopic (exact) mass is 750 g/mol. The Morgan fingerprint density at radius 3 is 1.87 bits per heavy atom. The summed E-state index contributed by atoms with van der Waals surface area (Å²) in [6, 6.07) is 34.6. The number of nitrogen functional groups attached to an aromatic ring is 1. The van der Waals surface area contributed by atoms with Gasteiger partial charge in [-0.25, -0.2) is 0 Å². The summed E-state index contributed by atoms with van der Waals surface area (Å²) in [7, 11) is 0. The highest BCUT2D eigenvalue weighted by Gasteiger charge is 2.42. The molecule has 0 aliphatic carbocycles. The molecule has 1 heterocycles. The van der Waals surface area contributed by atoms with Crippen LogP contribution in [0.1, 0.15) is 143 Å². The van der Waals surface area contributed by atoms with Crippen LogP contribution in [-0.4, -0.2) is 22.9 Å². The number of hydrogen-bond acceptors (Lipinski definition) is 6. The smallest absolute Gasteiger partial charge is 0.220 e. The van der Waals surface area contributed by atoms with Gasteiger partial charge in [-0.2, -0.15) is 0 Å². The van der Waals surface area contributed by atoms with Crippen LogP contribution < -0.4 is 11.1 Å². The summed E-state index contributed by atoms with van der Waals surface area (Å²) >= 11 is 1.70. The van der Waals surface area contributed by atoms with Crippen molar-refractivity contribution in [3.05, 3.63) is 131 Å². The van der Waals surface area contributed by atoms with Gasteiger partial charge in [0.2, 0.25) is 5.91 Å². The van der Waals surface area contributed by atoms with Crippen LogP contribution in [0, 0.1) is 0 Å². The van der Waals surface area contributed by atoms with E-state index in [0.29, 0.717) is 18.7 Å². The fourth-order valence-electron chi connectivity index (χ4n) is 7.32. The largest absolute Gasteiger partial charge is 0.398 e. The number of para-hydroxylation sites is 1. The molecule has 1 saturated heterocycles. The number of thioether (sulfide) groups is 1. The maximum atomic E-state index is 12.6. The minimum absolute atomic E-state index is 0.0103. The van der Waals surface area contributed by atoms with Crippen molar-refractivity contribution in [3.8, 4) is 0 Å². The molecule has 0 bridgehead atoms. The first-order valence-corrected chi connectivity index (χ1v) is 21.4. The Labute approximate surface area is 328 Å².